The average molecular weight is 156 g/mol. The zero-order chi connectivity index (χ0) is 8.27. The Morgan fingerprint density at radius 3 is 2.91 bits per heavy atom. The zero-order valence-electron chi connectivity index (χ0n) is 7.26. The minimum Gasteiger partial charge on any atom is -0.341 e. The molecular weight excluding hydrogens is 140 g/mol. The van der Waals surface area contributed by atoms with Crippen molar-refractivity contribution in [2.75, 3.05) is 26.7 Å². The number of nitrogens with one attached hydrogen (secondary N) is 1. The molecule has 0 bridgehead atoms. The van der Waals surface area contributed by atoms with Crippen molar-refractivity contribution >= 4 is 5.91 Å². The van der Waals surface area contributed by atoms with Crippen LogP contribution >= 0.6 is 0 Å². The van der Waals surface area contributed by atoms with Crippen molar-refractivity contribution in [1.82, 2.24) is 10.2 Å². The molecule has 0 spiro atoms. The Bertz CT molecular complexity index is 147. The number of amides is 1. The number of carbonyl (C=O) groups excluding carboxylic acids is 1. The summed E-state index contributed by atoms with van der Waals surface area (Å²) in [5.74, 6) is 0.868. The molecule has 1 aliphatic heterocycles. The predicted molar refractivity (Wildman–Crippen MR) is 44.3 cm³/mol. The highest BCUT2D eigenvalue weighted by atomic mass is 16.2. The zero-order valence-corrected chi connectivity index (χ0v) is 7.26. The molecule has 1 atom stereocenters. The van der Waals surface area contributed by atoms with Crippen LogP contribution in [-0.4, -0.2) is 37.5 Å². The van der Waals surface area contributed by atoms with Gasteiger partial charge in [0.2, 0.25) is 5.91 Å². The van der Waals surface area contributed by atoms with Gasteiger partial charge in [-0.2, -0.15) is 0 Å². The third-order valence-corrected chi connectivity index (χ3v) is 2.04. The highest BCUT2D eigenvalue weighted by Crippen LogP contribution is 2.15. The molecule has 0 aliphatic carbocycles. The summed E-state index contributed by atoms with van der Waals surface area (Å²) in [5, 5.41) is 3.04. The van der Waals surface area contributed by atoms with Crippen molar-refractivity contribution in [2.24, 2.45) is 5.92 Å². The lowest BCUT2D eigenvalue weighted by molar-refractivity contribution is -0.127. The summed E-state index contributed by atoms with van der Waals surface area (Å²) in [7, 11) is 1.91. The maximum atomic E-state index is 11.2. The van der Waals surface area contributed by atoms with E-state index in [1.54, 1.807) is 0 Å². The minimum atomic E-state index is 0.313. The van der Waals surface area contributed by atoms with E-state index in [2.05, 4.69) is 12.2 Å². The first-order valence-electron chi connectivity index (χ1n) is 4.16. The van der Waals surface area contributed by atoms with Crippen LogP contribution in [0.4, 0.5) is 0 Å². The van der Waals surface area contributed by atoms with Gasteiger partial charge in [-0.05, 0) is 13.0 Å². The molecule has 1 heterocycles. The van der Waals surface area contributed by atoms with Gasteiger partial charge < -0.3 is 10.2 Å². The van der Waals surface area contributed by atoms with Crippen LogP contribution in [0.3, 0.4) is 0 Å². The molecule has 64 valence electrons. The summed E-state index contributed by atoms with van der Waals surface area (Å²) < 4.78 is 0. The summed E-state index contributed by atoms with van der Waals surface area (Å²) >= 11 is 0. The third kappa shape index (κ3) is 2.19. The van der Waals surface area contributed by atoms with Gasteiger partial charge in [0.15, 0.2) is 0 Å². The molecule has 0 saturated carbocycles. The molecule has 1 rings (SSSR count). The van der Waals surface area contributed by atoms with E-state index in [1.807, 2.05) is 11.9 Å². The van der Waals surface area contributed by atoms with Gasteiger partial charge in [0.1, 0.15) is 0 Å². The molecule has 0 radical (unpaired) electrons. The van der Waals surface area contributed by atoms with Crippen molar-refractivity contribution in [1.29, 1.82) is 0 Å². The molecule has 1 unspecified atom stereocenters. The normalized spacial score (nSPS) is 24.7. The number of nitrogens with zero attached hydrogens (tertiary/aromatic N) is 1. The van der Waals surface area contributed by atoms with E-state index in [0.717, 1.165) is 26.1 Å². The van der Waals surface area contributed by atoms with Crippen LogP contribution in [0.15, 0.2) is 0 Å². The van der Waals surface area contributed by atoms with Gasteiger partial charge in [-0.15, -0.1) is 0 Å². The lowest BCUT2D eigenvalue weighted by Crippen LogP contribution is -2.31. The van der Waals surface area contributed by atoms with Crippen molar-refractivity contribution in [3.05, 3.63) is 0 Å². The van der Waals surface area contributed by atoms with E-state index >= 15 is 0 Å². The Morgan fingerprint density at radius 2 is 2.45 bits per heavy atom. The number of likely N-dealkylation sites (tertiary alicyclic amines) is 1. The highest BCUT2D eigenvalue weighted by Gasteiger charge is 2.25. The average Bonchev–Trinajstić information content (AvgIpc) is 2.26. The molecule has 1 saturated heterocycles. The third-order valence-electron chi connectivity index (χ3n) is 2.04. The van der Waals surface area contributed by atoms with E-state index < -0.39 is 0 Å². The van der Waals surface area contributed by atoms with Gasteiger partial charge in [-0.1, -0.05) is 6.92 Å². The Hall–Kier alpha value is -0.570. The van der Waals surface area contributed by atoms with Gasteiger partial charge in [0.25, 0.3) is 0 Å². The maximum Gasteiger partial charge on any atom is 0.222 e. The van der Waals surface area contributed by atoms with E-state index in [4.69, 9.17) is 0 Å². The summed E-state index contributed by atoms with van der Waals surface area (Å²) in [6, 6.07) is 0. The highest BCUT2D eigenvalue weighted by molar-refractivity contribution is 5.78. The molecule has 11 heavy (non-hydrogen) atoms. The lowest BCUT2D eigenvalue weighted by Gasteiger charge is -2.14. The van der Waals surface area contributed by atoms with Gasteiger partial charge in [0, 0.05) is 26.1 Å². The molecule has 3 heteroatoms. The summed E-state index contributed by atoms with van der Waals surface area (Å²) in [6.07, 6.45) is 0.740. The fourth-order valence-corrected chi connectivity index (χ4v) is 1.43. The maximum absolute atomic E-state index is 11.2. The van der Waals surface area contributed by atoms with Crippen LogP contribution in [0.1, 0.15) is 13.3 Å². The first-order valence-corrected chi connectivity index (χ1v) is 4.16. The molecule has 1 fully saturated rings. The van der Waals surface area contributed by atoms with Crippen molar-refractivity contribution in [3.63, 3.8) is 0 Å². The Balaban J connectivity index is 2.29. The molecule has 0 aromatic heterocycles. The van der Waals surface area contributed by atoms with Crippen molar-refractivity contribution < 1.29 is 4.79 Å². The summed E-state index contributed by atoms with van der Waals surface area (Å²) in [5.41, 5.74) is 0. The summed E-state index contributed by atoms with van der Waals surface area (Å²) in [6.45, 7) is 4.83. The number of hydrogen-bond acceptors (Lipinski definition) is 2. The van der Waals surface area contributed by atoms with Crippen LogP contribution in [-0.2, 0) is 4.79 Å². The monoisotopic (exact) mass is 156 g/mol. The van der Waals surface area contributed by atoms with Crippen LogP contribution in [0.25, 0.3) is 0 Å². The van der Waals surface area contributed by atoms with Crippen LogP contribution in [0.5, 0.6) is 0 Å². The smallest absolute Gasteiger partial charge is 0.222 e. The SMILES string of the molecule is CNCCN1CC(C)CC1=O. The van der Waals surface area contributed by atoms with Crippen LogP contribution < -0.4 is 5.32 Å². The molecule has 1 N–H and O–H groups in total. The predicted octanol–water partition coefficient (Wildman–Crippen LogP) is 0.0742. The molecular formula is C8H16N2O. The second-order valence-electron chi connectivity index (χ2n) is 3.25. The molecule has 0 aromatic carbocycles. The second-order valence-corrected chi connectivity index (χ2v) is 3.25. The molecule has 0 aromatic rings. The number of likely N-dealkylation sites (N-methyl/N-ethyl adjacent to an activating group) is 1. The van der Waals surface area contributed by atoms with E-state index in [-0.39, 0.29) is 0 Å². The van der Waals surface area contributed by atoms with Gasteiger partial charge >= 0.3 is 0 Å². The van der Waals surface area contributed by atoms with E-state index in [0.29, 0.717) is 11.8 Å². The van der Waals surface area contributed by atoms with Gasteiger partial charge in [-0.3, -0.25) is 4.79 Å². The topological polar surface area (TPSA) is 32.3 Å². The Morgan fingerprint density at radius 1 is 1.73 bits per heavy atom. The van der Waals surface area contributed by atoms with Crippen LogP contribution in [0.2, 0.25) is 0 Å². The molecule has 1 aliphatic rings. The largest absolute Gasteiger partial charge is 0.341 e. The molecule has 3 nitrogen and oxygen atoms in total. The number of carbonyl (C=O) groups is 1. The minimum absolute atomic E-state index is 0.313. The quantitative estimate of drug-likeness (QED) is 0.627. The standard InChI is InChI=1S/C8H16N2O/c1-7-5-8(11)10(6-7)4-3-9-2/h7,9H,3-6H2,1-2H3. The number of hydrogen-bond donors (Lipinski definition) is 1. The first-order chi connectivity index (χ1) is 5.24. The van der Waals surface area contributed by atoms with Crippen molar-refractivity contribution in [3.8, 4) is 0 Å². The summed E-state index contributed by atoms with van der Waals surface area (Å²) in [4.78, 5) is 13.1. The molecule has 1 amide bonds. The second kappa shape index (κ2) is 3.72. The Labute approximate surface area is 67.8 Å². The van der Waals surface area contributed by atoms with Crippen LogP contribution in [0, 0.1) is 5.92 Å². The lowest BCUT2D eigenvalue weighted by atomic mass is 10.2. The van der Waals surface area contributed by atoms with E-state index in [9.17, 15) is 4.79 Å². The van der Waals surface area contributed by atoms with Crippen molar-refractivity contribution in [2.45, 2.75) is 13.3 Å². The van der Waals surface area contributed by atoms with E-state index in [1.165, 1.54) is 0 Å². The van der Waals surface area contributed by atoms with Gasteiger partial charge in [-0.25, -0.2) is 0 Å². The fraction of sp³-hybridized carbons (Fsp3) is 0.875. The fourth-order valence-electron chi connectivity index (χ4n) is 1.43. The first kappa shape index (κ1) is 8.53. The Kier molecular flexibility index (Phi) is 2.88. The number of rotatable bonds is 3. The van der Waals surface area contributed by atoms with Gasteiger partial charge in [0.05, 0.1) is 0 Å².